The first-order chi connectivity index (χ1) is 2.00. The predicted molar refractivity (Wildman–Crippen MR) is 27.0 cm³/mol. The average Bonchev–Trinajstić information content (AvgIpc) is 1.50. The number of quaternary nitrogens is 1. The zero-order chi connectivity index (χ0) is 4.00. The van der Waals surface area contributed by atoms with E-state index in [4.69, 9.17) is 5.64 Å². The second-order valence-electron chi connectivity index (χ2n) is 0. The molecule has 0 rings (SSSR count). The van der Waals surface area contributed by atoms with Crippen LogP contribution in [0.1, 0.15) is 0 Å². The molecule has 0 aliphatic carbocycles. The molecule has 28 valence electrons. The molecule has 0 aliphatic heterocycles. The minimum atomic E-state index is 0. The molecule has 0 saturated heterocycles. The maximum Gasteiger partial charge on any atom is 1.00 e. The molecule has 0 aromatic carbocycles. The van der Waals surface area contributed by atoms with Gasteiger partial charge >= 0.3 is 103 Å². The number of nitrogens with two attached hydrogens (primary N) is 1. The molecule has 0 unspecified atom stereocenters. The number of rotatable bonds is 0. The van der Waals surface area contributed by atoms with E-state index < -0.39 is 0 Å². The van der Waals surface area contributed by atoms with Crippen molar-refractivity contribution in [2.75, 3.05) is 0 Å². The Bertz CT molecular complexity index is 9.51. The van der Waals surface area contributed by atoms with Gasteiger partial charge in [0.2, 0.25) is 0 Å². The summed E-state index contributed by atoms with van der Waals surface area (Å²) in [5.41, 5.74) is 8.25. The summed E-state index contributed by atoms with van der Waals surface area (Å²) in [6.07, 6.45) is 0. The van der Waals surface area contributed by atoms with Crippen LogP contribution in [0.2, 0.25) is 0 Å². The minimum absolute atomic E-state index is 0. The molecule has 0 heterocycles. The second kappa shape index (κ2) is 40.4. The molecule has 0 atom stereocenters. The third kappa shape index (κ3) is 26.5. The number of hydrogen-bond acceptors (Lipinski definition) is 1. The van der Waals surface area contributed by atoms with E-state index in [1.807, 2.05) is 0 Å². The Kier molecular flexibility index (Phi) is 154. The Morgan fingerprint density at radius 3 is 1.00 bits per heavy atom. The first kappa shape index (κ1) is 22.8. The van der Waals surface area contributed by atoms with E-state index in [0.29, 0.717) is 7.98 Å². The Labute approximate surface area is 126 Å². The summed E-state index contributed by atoms with van der Waals surface area (Å²) in [4.78, 5) is 0. The van der Waals surface area contributed by atoms with Crippen LogP contribution in [-0.4, -0.2) is 16.0 Å². The van der Waals surface area contributed by atoms with E-state index in [9.17, 15) is 0 Å². The molecule has 0 aromatic rings. The van der Waals surface area contributed by atoms with Crippen LogP contribution >= 0.6 is 0 Å². The standard InChI is InChI=1S/BH6N.BH5N.2K/c2*1-2;;/h1-2H3;2H2,1H3;;/q;-1;2*+1. The summed E-state index contributed by atoms with van der Waals surface area (Å²) in [6, 6.07) is 0. The van der Waals surface area contributed by atoms with Crippen LogP contribution in [-0.2, 0) is 0 Å². The molecule has 0 spiro atoms. The Hall–Kier alpha value is 3.32. The second-order valence-corrected chi connectivity index (χ2v) is 0. The van der Waals surface area contributed by atoms with Gasteiger partial charge in [-0.25, -0.2) is 0 Å². The SMILES string of the molecule is [BH3-]N.[BH3-][NH3+].[K+].[K+]. The van der Waals surface area contributed by atoms with Crippen molar-refractivity contribution in [1.82, 2.24) is 0 Å². The Morgan fingerprint density at radius 1 is 1.00 bits per heavy atom. The monoisotopic (exact) mass is 139 g/mol. The molecule has 5 N–H and O–H groups in total. The fourth-order valence-corrected chi connectivity index (χ4v) is 0. The molecule has 0 aromatic heterocycles. The smallest absolute Gasteiger partial charge is 0.555 e. The van der Waals surface area contributed by atoms with Gasteiger partial charge in [0, 0.05) is 7.98 Å². The van der Waals surface area contributed by atoms with Gasteiger partial charge in [-0.3, -0.25) is 0 Å². The van der Waals surface area contributed by atoms with E-state index in [1.165, 1.54) is 0 Å². The molecule has 0 saturated carbocycles. The third-order valence-electron chi connectivity index (χ3n) is 0. The molecular weight excluding hydrogens is 128 g/mol. The van der Waals surface area contributed by atoms with Crippen LogP contribution in [0.25, 0.3) is 0 Å². The molecule has 0 aliphatic rings. The van der Waals surface area contributed by atoms with Gasteiger partial charge in [0.15, 0.2) is 7.98 Å². The van der Waals surface area contributed by atoms with Gasteiger partial charge in [0.25, 0.3) is 0 Å². The van der Waals surface area contributed by atoms with Crippen molar-refractivity contribution < 1.29 is 108 Å². The van der Waals surface area contributed by atoms with E-state index >= 15 is 0 Å². The van der Waals surface area contributed by atoms with Crippen molar-refractivity contribution in [3.63, 3.8) is 0 Å². The molecular formula is H11B2K2N2+. The molecule has 6 heteroatoms. The minimum Gasteiger partial charge on any atom is -0.555 e. The average molecular weight is 139 g/mol. The van der Waals surface area contributed by atoms with Crippen LogP contribution in [0.4, 0.5) is 0 Å². The van der Waals surface area contributed by atoms with Crippen LogP contribution < -0.4 is 114 Å². The van der Waals surface area contributed by atoms with Crippen LogP contribution in [0.3, 0.4) is 0 Å². The zero-order valence-corrected chi connectivity index (χ0v) is 9.53. The largest absolute Gasteiger partial charge is 1.00 e. The van der Waals surface area contributed by atoms with Gasteiger partial charge in [-0.1, -0.05) is 0 Å². The maximum atomic E-state index is 4.75. The summed E-state index contributed by atoms with van der Waals surface area (Å²) in [5, 5.41) is 0. The molecule has 6 heavy (non-hydrogen) atoms. The zero-order valence-electron chi connectivity index (χ0n) is 3.28. The van der Waals surface area contributed by atoms with Gasteiger partial charge in [-0.2, -0.15) is 0 Å². The van der Waals surface area contributed by atoms with Crippen LogP contribution in [0.5, 0.6) is 0 Å². The Morgan fingerprint density at radius 2 is 1.00 bits per heavy atom. The maximum absolute atomic E-state index is 4.75. The van der Waals surface area contributed by atoms with Crippen molar-refractivity contribution in [3.05, 3.63) is 0 Å². The van der Waals surface area contributed by atoms with Crippen molar-refractivity contribution in [1.29, 1.82) is 0 Å². The summed E-state index contributed by atoms with van der Waals surface area (Å²) in [6.45, 7) is 0. The quantitative estimate of drug-likeness (QED) is 0.321. The first-order valence-corrected chi connectivity index (χ1v) is 0. The van der Waals surface area contributed by atoms with E-state index in [2.05, 4.69) is 5.64 Å². The van der Waals surface area contributed by atoms with E-state index in [1.54, 1.807) is 0 Å². The van der Waals surface area contributed by atoms with Crippen molar-refractivity contribution in [2.45, 2.75) is 0 Å². The molecule has 2 nitrogen and oxygen atoms in total. The summed E-state index contributed by atoms with van der Waals surface area (Å²) in [7, 11) is 0.750. The molecule has 0 bridgehead atoms. The van der Waals surface area contributed by atoms with Gasteiger partial charge in [0.05, 0.1) is 0 Å². The fourth-order valence-electron chi connectivity index (χ4n) is 0. The predicted octanol–water partition coefficient (Wildman–Crippen LogP) is -10.3. The van der Waals surface area contributed by atoms with Gasteiger partial charge in [-0.15, -0.1) is 0 Å². The van der Waals surface area contributed by atoms with Crippen molar-refractivity contribution in [3.8, 4) is 0 Å². The van der Waals surface area contributed by atoms with E-state index in [0.717, 1.165) is 0 Å². The van der Waals surface area contributed by atoms with Crippen LogP contribution in [0, 0.1) is 0 Å². The molecule has 0 amide bonds. The molecule has 0 radical (unpaired) electrons. The van der Waals surface area contributed by atoms with E-state index in [-0.39, 0.29) is 111 Å². The first-order valence-electron chi connectivity index (χ1n) is 0. The van der Waals surface area contributed by atoms with Gasteiger partial charge < -0.3 is 11.3 Å². The Balaban J connectivity index is -0.00000000500. The van der Waals surface area contributed by atoms with Gasteiger partial charge in [0.1, 0.15) is 0 Å². The fraction of sp³-hybridized carbons (Fsp3) is 0. The topological polar surface area (TPSA) is 53.7 Å². The van der Waals surface area contributed by atoms with Crippen LogP contribution in [0.15, 0.2) is 0 Å². The van der Waals surface area contributed by atoms with Crippen molar-refractivity contribution in [2.24, 2.45) is 5.64 Å². The summed E-state index contributed by atoms with van der Waals surface area (Å²) >= 11 is 0. The van der Waals surface area contributed by atoms with Gasteiger partial charge in [-0.05, 0) is 0 Å². The summed E-state index contributed by atoms with van der Waals surface area (Å²) in [5.74, 6) is 0. The summed E-state index contributed by atoms with van der Waals surface area (Å²) < 4.78 is 0. The number of hydrogen-bond donors (Lipinski definition) is 2. The third-order valence-corrected chi connectivity index (χ3v) is 0. The van der Waals surface area contributed by atoms with Crippen molar-refractivity contribution >= 4 is 16.0 Å². The molecule has 0 fully saturated rings. The normalized spacial score (nSPS) is 2.00.